The molecule has 48 heavy (non-hydrogen) atoms. The molecule has 8 nitrogen and oxygen atoms in total. The van der Waals surface area contributed by atoms with E-state index < -0.39 is 32.5 Å². The molecule has 0 fully saturated rings. The van der Waals surface area contributed by atoms with E-state index in [1.165, 1.54) is 51.4 Å². The molecule has 0 amide bonds. The van der Waals surface area contributed by atoms with Crippen LogP contribution in [-0.4, -0.2) is 41.0 Å². The fourth-order valence-electron chi connectivity index (χ4n) is 5.03. The van der Waals surface area contributed by atoms with E-state index in [2.05, 4.69) is 67.0 Å². The van der Waals surface area contributed by atoms with Gasteiger partial charge in [-0.3, -0.25) is 14.1 Å². The maximum atomic E-state index is 12.4. The second-order valence-corrected chi connectivity index (χ2v) is 13.8. The average Bonchev–Trinajstić information content (AvgIpc) is 3.05. The zero-order valence-electron chi connectivity index (χ0n) is 30.4. The molecule has 278 valence electrons. The summed E-state index contributed by atoms with van der Waals surface area (Å²) in [4.78, 5) is 42.7. The smallest absolute Gasteiger partial charge is 0.462 e. The van der Waals surface area contributed by atoms with E-state index in [9.17, 15) is 14.2 Å². The summed E-state index contributed by atoms with van der Waals surface area (Å²) < 4.78 is 26.3. The van der Waals surface area contributed by atoms with Crippen LogP contribution in [0.25, 0.3) is 0 Å². The Morgan fingerprint density at radius 2 is 1.00 bits per heavy atom. The molecular formula is C39H69O8P. The lowest BCUT2D eigenvalue weighted by molar-refractivity contribution is -0.161. The van der Waals surface area contributed by atoms with E-state index in [0.717, 1.165) is 77.0 Å². The van der Waals surface area contributed by atoms with Crippen LogP contribution in [0.5, 0.6) is 0 Å². The largest absolute Gasteiger partial charge is 0.469 e. The second kappa shape index (κ2) is 34.9. The van der Waals surface area contributed by atoms with Crippen molar-refractivity contribution in [3.05, 3.63) is 48.6 Å². The van der Waals surface area contributed by atoms with E-state index in [1.807, 2.05) is 0 Å². The zero-order valence-corrected chi connectivity index (χ0v) is 31.3. The maximum absolute atomic E-state index is 12.4. The summed E-state index contributed by atoms with van der Waals surface area (Å²) in [5, 5.41) is 0. The number of ether oxygens (including phenoxy) is 2. The van der Waals surface area contributed by atoms with Gasteiger partial charge in [0.15, 0.2) is 6.10 Å². The quantitative estimate of drug-likeness (QED) is 0.0295. The Balaban J connectivity index is 4.00. The lowest BCUT2D eigenvalue weighted by atomic mass is 10.1. The third-order valence-corrected chi connectivity index (χ3v) is 8.32. The molecule has 0 heterocycles. The molecule has 0 saturated carbocycles. The van der Waals surface area contributed by atoms with Gasteiger partial charge >= 0.3 is 19.8 Å². The van der Waals surface area contributed by atoms with Crippen LogP contribution in [-0.2, 0) is 28.2 Å². The van der Waals surface area contributed by atoms with Crippen LogP contribution >= 0.6 is 7.82 Å². The van der Waals surface area contributed by atoms with Crippen LogP contribution < -0.4 is 0 Å². The Hall–Kier alpha value is -1.99. The molecule has 1 atom stereocenters. The lowest BCUT2D eigenvalue weighted by Crippen LogP contribution is -2.29. The van der Waals surface area contributed by atoms with Crippen LogP contribution in [0.1, 0.15) is 168 Å². The van der Waals surface area contributed by atoms with Gasteiger partial charge in [0.1, 0.15) is 6.61 Å². The first-order valence-corrected chi connectivity index (χ1v) is 20.5. The highest BCUT2D eigenvalue weighted by Crippen LogP contribution is 2.36. The fourth-order valence-corrected chi connectivity index (χ4v) is 5.39. The summed E-state index contributed by atoms with van der Waals surface area (Å²) >= 11 is 0. The molecule has 0 aliphatic carbocycles. The van der Waals surface area contributed by atoms with Crippen LogP contribution in [0.15, 0.2) is 48.6 Å². The van der Waals surface area contributed by atoms with Crippen molar-refractivity contribution in [3.63, 3.8) is 0 Å². The highest BCUT2D eigenvalue weighted by molar-refractivity contribution is 7.46. The fraction of sp³-hybridized carbons (Fsp3) is 0.744. The summed E-state index contributed by atoms with van der Waals surface area (Å²) in [5.41, 5.74) is 0. The van der Waals surface area contributed by atoms with E-state index in [-0.39, 0.29) is 19.4 Å². The predicted octanol–water partition coefficient (Wildman–Crippen LogP) is 11.2. The van der Waals surface area contributed by atoms with Gasteiger partial charge in [0, 0.05) is 12.8 Å². The Kier molecular flexibility index (Phi) is 33.4. The summed E-state index contributed by atoms with van der Waals surface area (Å²) in [6.45, 7) is 3.53. The van der Waals surface area contributed by atoms with Crippen LogP contribution in [0.4, 0.5) is 0 Å². The van der Waals surface area contributed by atoms with Crippen molar-refractivity contribution in [3.8, 4) is 0 Å². The minimum atomic E-state index is -4.76. The van der Waals surface area contributed by atoms with Crippen LogP contribution in [0, 0.1) is 0 Å². The van der Waals surface area contributed by atoms with Crippen LogP contribution in [0.2, 0.25) is 0 Å². The van der Waals surface area contributed by atoms with E-state index >= 15 is 0 Å². The Morgan fingerprint density at radius 1 is 0.562 bits per heavy atom. The van der Waals surface area contributed by atoms with Crippen molar-refractivity contribution in [2.24, 2.45) is 0 Å². The SMILES string of the molecule is CC/C=C\C/C=C\C/C=C\CCCCCCCC(=O)O[C@H](COC(=O)CCCCCCCCC/C=C\CCCCCC)COP(=O)(O)O. The van der Waals surface area contributed by atoms with Gasteiger partial charge in [-0.05, 0) is 70.6 Å². The minimum absolute atomic E-state index is 0.190. The zero-order chi connectivity index (χ0) is 35.4. The number of hydrogen-bond donors (Lipinski definition) is 2. The average molecular weight is 697 g/mol. The molecule has 0 aliphatic heterocycles. The van der Waals surface area contributed by atoms with Gasteiger partial charge in [0.2, 0.25) is 0 Å². The molecule has 0 aromatic rings. The molecule has 0 bridgehead atoms. The van der Waals surface area contributed by atoms with Crippen LogP contribution in [0.3, 0.4) is 0 Å². The highest BCUT2D eigenvalue weighted by atomic mass is 31.2. The van der Waals surface area contributed by atoms with Crippen molar-refractivity contribution >= 4 is 19.8 Å². The molecular weight excluding hydrogens is 627 g/mol. The molecule has 9 heteroatoms. The molecule has 0 aliphatic rings. The van der Waals surface area contributed by atoms with Gasteiger partial charge in [-0.2, -0.15) is 0 Å². The van der Waals surface area contributed by atoms with Crippen molar-refractivity contribution in [2.75, 3.05) is 13.2 Å². The Labute approximate surface area is 293 Å². The van der Waals surface area contributed by atoms with Gasteiger partial charge in [0.25, 0.3) is 0 Å². The number of phosphoric acid groups is 1. The molecule has 0 unspecified atom stereocenters. The van der Waals surface area contributed by atoms with Gasteiger partial charge < -0.3 is 19.3 Å². The van der Waals surface area contributed by atoms with E-state index in [0.29, 0.717) is 12.8 Å². The lowest BCUT2D eigenvalue weighted by Gasteiger charge is -2.18. The van der Waals surface area contributed by atoms with Crippen molar-refractivity contribution in [2.45, 2.75) is 174 Å². The number of allylic oxidation sites excluding steroid dienone is 8. The standard InChI is InChI=1S/C39H69O8P/c1-3-5-7-9-11-13-15-17-19-21-23-25-27-29-31-33-38(40)45-35-37(36-46-48(42,43)44)47-39(41)34-32-30-28-26-24-22-20-18-16-14-12-10-8-6-4-2/h6,8,12-15,18,20,37H,3-5,7,9-11,16-17,19,21-36H2,1-2H3,(H2,42,43,44)/b8-6-,14-12-,15-13-,20-18-/t37-/m1/s1. The van der Waals surface area contributed by atoms with E-state index in [1.54, 1.807) is 0 Å². The third kappa shape index (κ3) is 36.8. The van der Waals surface area contributed by atoms with Crippen molar-refractivity contribution < 1.29 is 37.9 Å². The first kappa shape index (κ1) is 46.0. The molecule has 0 saturated heterocycles. The highest BCUT2D eigenvalue weighted by Gasteiger charge is 2.22. The number of hydrogen-bond acceptors (Lipinski definition) is 6. The van der Waals surface area contributed by atoms with Gasteiger partial charge in [-0.15, -0.1) is 0 Å². The normalized spacial score (nSPS) is 13.0. The molecule has 0 radical (unpaired) electrons. The summed E-state index contributed by atoms with van der Waals surface area (Å²) in [6.07, 6.45) is 41.1. The first-order chi connectivity index (χ1) is 23.3. The Bertz CT molecular complexity index is 921. The summed E-state index contributed by atoms with van der Waals surface area (Å²) in [5.74, 6) is -0.912. The van der Waals surface area contributed by atoms with Gasteiger partial charge in [-0.25, -0.2) is 4.57 Å². The number of unbranched alkanes of at least 4 members (excludes halogenated alkanes) is 16. The number of rotatable bonds is 34. The summed E-state index contributed by atoms with van der Waals surface area (Å²) in [7, 11) is -4.76. The maximum Gasteiger partial charge on any atom is 0.469 e. The third-order valence-electron chi connectivity index (χ3n) is 7.83. The first-order valence-electron chi connectivity index (χ1n) is 18.9. The number of carbonyl (C=O) groups is 2. The topological polar surface area (TPSA) is 119 Å². The summed E-state index contributed by atoms with van der Waals surface area (Å²) in [6, 6.07) is 0. The Morgan fingerprint density at radius 3 is 1.52 bits per heavy atom. The molecule has 0 aromatic heterocycles. The van der Waals surface area contributed by atoms with E-state index in [4.69, 9.17) is 19.3 Å². The van der Waals surface area contributed by atoms with Gasteiger partial charge in [-0.1, -0.05) is 133 Å². The monoisotopic (exact) mass is 696 g/mol. The van der Waals surface area contributed by atoms with Gasteiger partial charge in [0.05, 0.1) is 6.61 Å². The molecule has 0 spiro atoms. The number of carbonyl (C=O) groups excluding carboxylic acids is 2. The number of phosphoric ester groups is 1. The molecule has 0 rings (SSSR count). The molecule has 2 N–H and O–H groups in total. The minimum Gasteiger partial charge on any atom is -0.462 e. The second-order valence-electron chi connectivity index (χ2n) is 12.5. The number of esters is 2. The van der Waals surface area contributed by atoms with Crippen molar-refractivity contribution in [1.82, 2.24) is 0 Å². The van der Waals surface area contributed by atoms with Crippen molar-refractivity contribution in [1.29, 1.82) is 0 Å². The molecule has 0 aromatic carbocycles. The predicted molar refractivity (Wildman–Crippen MR) is 198 cm³/mol.